The molecule has 0 spiro atoms. The summed E-state index contributed by atoms with van der Waals surface area (Å²) in [6, 6.07) is 19.2. The summed E-state index contributed by atoms with van der Waals surface area (Å²) in [7, 11) is 0. The van der Waals surface area contributed by atoms with Crippen LogP contribution in [0.3, 0.4) is 0 Å². The first-order chi connectivity index (χ1) is 12.1. The van der Waals surface area contributed by atoms with E-state index in [4.69, 9.17) is 5.26 Å². The van der Waals surface area contributed by atoms with Gasteiger partial charge in [0.05, 0.1) is 41.4 Å². The van der Waals surface area contributed by atoms with Gasteiger partial charge in [-0.3, -0.25) is 4.79 Å². The van der Waals surface area contributed by atoms with Crippen molar-refractivity contribution in [1.29, 1.82) is 5.26 Å². The van der Waals surface area contributed by atoms with Gasteiger partial charge in [-0.1, -0.05) is 30.3 Å². The van der Waals surface area contributed by atoms with E-state index in [9.17, 15) is 4.79 Å². The Morgan fingerprint density at radius 2 is 1.96 bits per heavy atom. The summed E-state index contributed by atoms with van der Waals surface area (Å²) in [6.45, 7) is 3.87. The Labute approximate surface area is 146 Å². The zero-order valence-electron chi connectivity index (χ0n) is 14.2. The quantitative estimate of drug-likeness (QED) is 0.734. The van der Waals surface area contributed by atoms with Crippen LogP contribution < -0.4 is 4.90 Å². The molecule has 0 aliphatic heterocycles. The summed E-state index contributed by atoms with van der Waals surface area (Å²) in [5, 5.41) is 13.5. The third kappa shape index (κ3) is 3.43. The van der Waals surface area contributed by atoms with Crippen LogP contribution >= 0.6 is 0 Å². The molecule has 0 radical (unpaired) electrons. The Morgan fingerprint density at radius 1 is 1.20 bits per heavy atom. The van der Waals surface area contributed by atoms with Gasteiger partial charge in [-0.05, 0) is 36.8 Å². The van der Waals surface area contributed by atoms with Gasteiger partial charge in [0.1, 0.15) is 0 Å². The fourth-order valence-corrected chi connectivity index (χ4v) is 2.78. The smallest absolute Gasteiger partial charge is 0.224 e. The van der Waals surface area contributed by atoms with Crippen molar-refractivity contribution >= 4 is 11.6 Å². The first-order valence-electron chi connectivity index (χ1n) is 7.97. The predicted octanol–water partition coefficient (Wildman–Crippen LogP) is 3.61. The number of carbonyl (C=O) groups excluding carboxylic acids is 1. The summed E-state index contributed by atoms with van der Waals surface area (Å²) < 4.78 is 1.82. The largest absolute Gasteiger partial charge is 0.305 e. The monoisotopic (exact) mass is 330 g/mol. The van der Waals surface area contributed by atoms with Crippen LogP contribution in [0.25, 0.3) is 5.69 Å². The number of carbonyl (C=O) groups is 1. The molecular weight excluding hydrogens is 312 g/mol. The first kappa shape index (κ1) is 16.5. The van der Waals surface area contributed by atoms with Crippen LogP contribution in [0.5, 0.6) is 0 Å². The number of hydrogen-bond donors (Lipinski definition) is 0. The van der Waals surface area contributed by atoms with E-state index in [0.717, 1.165) is 22.6 Å². The first-order valence-corrected chi connectivity index (χ1v) is 7.97. The van der Waals surface area contributed by atoms with Crippen molar-refractivity contribution in [3.05, 3.63) is 77.6 Å². The minimum Gasteiger partial charge on any atom is -0.305 e. The highest BCUT2D eigenvalue weighted by Gasteiger charge is 2.18. The third-order valence-corrected chi connectivity index (χ3v) is 4.05. The molecule has 0 N–H and O–H groups in total. The lowest BCUT2D eigenvalue weighted by Crippen LogP contribution is -2.28. The van der Waals surface area contributed by atoms with E-state index in [0.29, 0.717) is 12.1 Å². The van der Waals surface area contributed by atoms with Crippen molar-refractivity contribution in [2.75, 3.05) is 4.90 Å². The molecule has 1 aromatic heterocycles. The maximum Gasteiger partial charge on any atom is 0.224 e. The number of anilines is 1. The fraction of sp³-hybridized carbons (Fsp3) is 0.150. The maximum absolute atomic E-state index is 12.2. The lowest BCUT2D eigenvalue weighted by molar-refractivity contribution is -0.116. The van der Waals surface area contributed by atoms with Crippen LogP contribution in [-0.4, -0.2) is 15.7 Å². The number of aromatic nitrogens is 2. The molecule has 0 atom stereocenters. The van der Waals surface area contributed by atoms with Gasteiger partial charge in [0.2, 0.25) is 5.91 Å². The van der Waals surface area contributed by atoms with Crippen LogP contribution in [0, 0.1) is 18.3 Å². The van der Waals surface area contributed by atoms with E-state index in [1.165, 1.54) is 6.92 Å². The number of para-hydroxylation sites is 1. The molecule has 0 aliphatic carbocycles. The molecule has 5 nitrogen and oxygen atoms in total. The molecule has 1 amide bonds. The molecular formula is C20H18N4O. The number of nitriles is 1. The van der Waals surface area contributed by atoms with Crippen molar-refractivity contribution in [2.24, 2.45) is 0 Å². The van der Waals surface area contributed by atoms with Crippen LogP contribution in [0.1, 0.15) is 23.7 Å². The summed E-state index contributed by atoms with van der Waals surface area (Å²) in [4.78, 5) is 13.9. The maximum atomic E-state index is 12.2. The summed E-state index contributed by atoms with van der Waals surface area (Å²) in [6.07, 6.45) is 1.71. The van der Waals surface area contributed by atoms with Crippen molar-refractivity contribution < 1.29 is 4.79 Å². The van der Waals surface area contributed by atoms with Crippen molar-refractivity contribution in [1.82, 2.24) is 9.78 Å². The summed E-state index contributed by atoms with van der Waals surface area (Å²) in [5.74, 6) is -0.0712. The van der Waals surface area contributed by atoms with E-state index in [1.807, 2.05) is 54.1 Å². The van der Waals surface area contributed by atoms with Gasteiger partial charge in [-0.25, -0.2) is 4.68 Å². The van der Waals surface area contributed by atoms with E-state index >= 15 is 0 Å². The second-order valence-corrected chi connectivity index (χ2v) is 5.78. The molecule has 1 heterocycles. The minimum atomic E-state index is -0.0712. The zero-order chi connectivity index (χ0) is 17.8. The molecule has 3 aromatic rings. The number of nitrogens with zero attached hydrogens (tertiary/aromatic N) is 4. The van der Waals surface area contributed by atoms with Crippen molar-refractivity contribution in [3.8, 4) is 11.8 Å². The van der Waals surface area contributed by atoms with Crippen LogP contribution in [-0.2, 0) is 11.3 Å². The SMILES string of the molecule is CC(=O)N(Cc1cccc(C#N)c1)c1cnn(-c2ccccc2)c1C. The Balaban J connectivity index is 1.95. The topological polar surface area (TPSA) is 61.9 Å². The molecule has 0 unspecified atom stereocenters. The van der Waals surface area contributed by atoms with E-state index < -0.39 is 0 Å². The Morgan fingerprint density at radius 3 is 2.64 bits per heavy atom. The van der Waals surface area contributed by atoms with E-state index in [-0.39, 0.29) is 5.91 Å². The van der Waals surface area contributed by atoms with Crippen LogP contribution in [0.15, 0.2) is 60.8 Å². The fourth-order valence-electron chi connectivity index (χ4n) is 2.78. The summed E-state index contributed by atoms with van der Waals surface area (Å²) in [5.41, 5.74) is 4.08. The molecule has 25 heavy (non-hydrogen) atoms. The highest BCUT2D eigenvalue weighted by atomic mass is 16.2. The second kappa shape index (κ2) is 7.02. The van der Waals surface area contributed by atoms with Crippen LogP contribution in [0.4, 0.5) is 5.69 Å². The van der Waals surface area contributed by atoms with E-state index in [2.05, 4.69) is 11.2 Å². The molecule has 3 rings (SSSR count). The van der Waals surface area contributed by atoms with Gasteiger partial charge in [-0.2, -0.15) is 10.4 Å². The molecule has 0 bridgehead atoms. The zero-order valence-corrected chi connectivity index (χ0v) is 14.2. The average Bonchev–Trinajstić information content (AvgIpc) is 3.01. The number of hydrogen-bond acceptors (Lipinski definition) is 3. The molecule has 2 aromatic carbocycles. The molecule has 124 valence electrons. The van der Waals surface area contributed by atoms with Gasteiger partial charge in [0, 0.05) is 6.92 Å². The Hall–Kier alpha value is -3.39. The number of amides is 1. The Kier molecular flexibility index (Phi) is 4.62. The number of rotatable bonds is 4. The third-order valence-electron chi connectivity index (χ3n) is 4.05. The molecule has 0 aliphatic rings. The van der Waals surface area contributed by atoms with E-state index in [1.54, 1.807) is 23.2 Å². The standard InChI is InChI=1S/C20H18N4O/c1-15-20(13-22-24(15)19-9-4-3-5-10-19)23(16(2)25)14-18-8-6-7-17(11-18)12-21/h3-11,13H,14H2,1-2H3. The van der Waals surface area contributed by atoms with Crippen LogP contribution in [0.2, 0.25) is 0 Å². The summed E-state index contributed by atoms with van der Waals surface area (Å²) >= 11 is 0. The molecule has 0 fully saturated rings. The molecule has 0 saturated carbocycles. The highest BCUT2D eigenvalue weighted by Crippen LogP contribution is 2.24. The van der Waals surface area contributed by atoms with Gasteiger partial charge >= 0.3 is 0 Å². The highest BCUT2D eigenvalue weighted by molar-refractivity contribution is 5.92. The molecule has 5 heteroatoms. The lowest BCUT2D eigenvalue weighted by atomic mass is 10.1. The van der Waals surface area contributed by atoms with Crippen molar-refractivity contribution in [2.45, 2.75) is 20.4 Å². The average molecular weight is 330 g/mol. The minimum absolute atomic E-state index is 0.0712. The Bertz CT molecular complexity index is 938. The van der Waals surface area contributed by atoms with Gasteiger partial charge in [0.15, 0.2) is 0 Å². The van der Waals surface area contributed by atoms with Crippen molar-refractivity contribution in [3.63, 3.8) is 0 Å². The second-order valence-electron chi connectivity index (χ2n) is 5.78. The van der Waals surface area contributed by atoms with Gasteiger partial charge in [0.25, 0.3) is 0 Å². The predicted molar refractivity (Wildman–Crippen MR) is 96.3 cm³/mol. The lowest BCUT2D eigenvalue weighted by Gasteiger charge is -2.21. The number of benzene rings is 2. The van der Waals surface area contributed by atoms with Gasteiger partial charge in [-0.15, -0.1) is 0 Å². The van der Waals surface area contributed by atoms with Gasteiger partial charge < -0.3 is 4.90 Å². The molecule has 0 saturated heterocycles. The normalized spacial score (nSPS) is 10.3.